The molecule has 0 saturated carbocycles. The van der Waals surface area contributed by atoms with Crippen molar-refractivity contribution in [3.05, 3.63) is 0 Å². The quantitative estimate of drug-likeness (QED) is 0.0222. The number of carbonyl (C=O) groups is 4. The van der Waals surface area contributed by atoms with E-state index < -0.39 is 97.5 Å². The van der Waals surface area contributed by atoms with E-state index in [1.54, 1.807) is 0 Å². The fraction of sp³-hybridized carbons (Fsp3) is 0.952. The molecular formula is C84H164O17P2. The lowest BCUT2D eigenvalue weighted by molar-refractivity contribution is -0.161. The van der Waals surface area contributed by atoms with Gasteiger partial charge in [0, 0.05) is 25.7 Å². The van der Waals surface area contributed by atoms with E-state index in [1.165, 1.54) is 276 Å². The number of hydrogen-bond acceptors (Lipinski definition) is 15. The summed E-state index contributed by atoms with van der Waals surface area (Å²) in [5.41, 5.74) is 0. The number of phosphoric acid groups is 2. The Morgan fingerprint density at radius 1 is 0.272 bits per heavy atom. The van der Waals surface area contributed by atoms with Crippen LogP contribution in [0, 0.1) is 5.92 Å². The van der Waals surface area contributed by atoms with E-state index in [1.807, 2.05) is 0 Å². The van der Waals surface area contributed by atoms with E-state index in [9.17, 15) is 43.2 Å². The molecule has 103 heavy (non-hydrogen) atoms. The average Bonchev–Trinajstić information content (AvgIpc) is 0.915. The molecule has 0 aliphatic heterocycles. The zero-order chi connectivity index (χ0) is 75.5. The van der Waals surface area contributed by atoms with Crippen molar-refractivity contribution in [2.45, 2.75) is 470 Å². The molecular weight excluding hydrogens is 1340 g/mol. The van der Waals surface area contributed by atoms with Crippen LogP contribution in [-0.2, 0) is 65.4 Å². The summed E-state index contributed by atoms with van der Waals surface area (Å²) < 4.78 is 68.9. The highest BCUT2D eigenvalue weighted by Crippen LogP contribution is 2.45. The third kappa shape index (κ3) is 76.6. The zero-order valence-electron chi connectivity index (χ0n) is 67.5. The van der Waals surface area contributed by atoms with Crippen molar-refractivity contribution < 1.29 is 80.2 Å². The standard InChI is InChI=1S/C84H164O17P2/c1-6-10-13-16-19-22-25-28-30-32-33-35-37-40-43-49-54-59-64-69-83(88)100-79(73-95-82(87)68-63-58-53-48-42-39-36-34-31-29-26-23-20-17-14-11-7-2)75-98-102(90,91)96-71-78(85)72-97-103(92,93)99-76-80(74-94-81(86)67-62-57-52-47-41-38-27-24-21-18-15-12-8-3)101-84(89)70-65-60-55-50-45-44-46-51-56-61-66-77(5)9-4/h77-80,85H,6-76H2,1-5H3,(H,90,91)(H,92,93)/t77?,78-,79-,80-/m1/s1. The van der Waals surface area contributed by atoms with Crippen molar-refractivity contribution in [1.82, 2.24) is 0 Å². The molecule has 3 unspecified atom stereocenters. The molecule has 0 bridgehead atoms. The van der Waals surface area contributed by atoms with Crippen LogP contribution in [-0.4, -0.2) is 96.7 Å². The van der Waals surface area contributed by atoms with E-state index in [0.717, 1.165) is 95.8 Å². The van der Waals surface area contributed by atoms with Crippen molar-refractivity contribution in [1.29, 1.82) is 0 Å². The number of phosphoric ester groups is 2. The van der Waals surface area contributed by atoms with E-state index >= 15 is 0 Å². The molecule has 17 nitrogen and oxygen atoms in total. The van der Waals surface area contributed by atoms with Crippen LogP contribution in [0.25, 0.3) is 0 Å². The van der Waals surface area contributed by atoms with E-state index in [4.69, 9.17) is 37.0 Å². The summed E-state index contributed by atoms with van der Waals surface area (Å²) in [5, 5.41) is 10.7. The molecule has 0 heterocycles. The predicted octanol–water partition coefficient (Wildman–Crippen LogP) is 25.6. The van der Waals surface area contributed by atoms with Crippen molar-refractivity contribution in [2.75, 3.05) is 39.6 Å². The monoisotopic (exact) mass is 1510 g/mol. The van der Waals surface area contributed by atoms with Crippen LogP contribution in [0.4, 0.5) is 0 Å². The summed E-state index contributed by atoms with van der Waals surface area (Å²) in [7, 11) is -9.92. The zero-order valence-corrected chi connectivity index (χ0v) is 69.3. The van der Waals surface area contributed by atoms with Gasteiger partial charge in [-0.3, -0.25) is 37.3 Å². The Morgan fingerprint density at radius 2 is 0.466 bits per heavy atom. The molecule has 0 aliphatic carbocycles. The fourth-order valence-electron chi connectivity index (χ4n) is 13.1. The molecule has 0 aliphatic rings. The molecule has 0 radical (unpaired) electrons. The number of ether oxygens (including phenoxy) is 4. The largest absolute Gasteiger partial charge is 0.472 e. The topological polar surface area (TPSA) is 237 Å². The molecule has 0 aromatic heterocycles. The second-order valence-corrected chi connectivity index (χ2v) is 33.4. The Bertz CT molecular complexity index is 1960. The minimum absolute atomic E-state index is 0.107. The molecule has 0 rings (SSSR count). The first-order valence-electron chi connectivity index (χ1n) is 43.7. The van der Waals surface area contributed by atoms with Gasteiger partial charge in [-0.15, -0.1) is 0 Å². The third-order valence-corrected chi connectivity index (χ3v) is 22.0. The normalized spacial score (nSPS) is 14.1. The summed E-state index contributed by atoms with van der Waals surface area (Å²) in [6, 6.07) is 0. The highest BCUT2D eigenvalue weighted by molar-refractivity contribution is 7.47. The smallest absolute Gasteiger partial charge is 0.462 e. The van der Waals surface area contributed by atoms with Crippen LogP contribution in [0.1, 0.15) is 452 Å². The SMILES string of the molecule is CCCCCCCCCCCCCCCCCCCCCC(=O)O[C@H](COC(=O)CCCCCCCCCCCCCCCCCCC)COP(=O)(O)OC[C@@H](O)COP(=O)(O)OC[C@@H](COC(=O)CCCCCCCCCCCCCCC)OC(=O)CCCCCCCCCCCCC(C)CC. The first-order valence-corrected chi connectivity index (χ1v) is 46.7. The molecule has 19 heteroatoms. The highest BCUT2D eigenvalue weighted by atomic mass is 31.2. The Kier molecular flexibility index (Phi) is 75.4. The molecule has 3 N–H and O–H groups in total. The lowest BCUT2D eigenvalue weighted by Crippen LogP contribution is -2.30. The van der Waals surface area contributed by atoms with Gasteiger partial charge in [-0.2, -0.15) is 0 Å². The molecule has 0 amide bonds. The second kappa shape index (κ2) is 76.8. The number of rotatable bonds is 84. The van der Waals surface area contributed by atoms with Crippen molar-refractivity contribution in [3.63, 3.8) is 0 Å². The Balaban J connectivity index is 5.26. The number of aliphatic hydroxyl groups is 1. The van der Waals surface area contributed by atoms with Gasteiger partial charge in [0.2, 0.25) is 0 Å². The number of unbranched alkanes of at least 4 members (excludes halogenated alkanes) is 55. The van der Waals surface area contributed by atoms with Gasteiger partial charge < -0.3 is 33.8 Å². The summed E-state index contributed by atoms with van der Waals surface area (Å²) in [6.45, 7) is 7.38. The maximum absolute atomic E-state index is 13.1. The Labute approximate surface area is 632 Å². The maximum Gasteiger partial charge on any atom is 0.472 e. The van der Waals surface area contributed by atoms with Gasteiger partial charge in [-0.05, 0) is 31.6 Å². The average molecular weight is 1510 g/mol. The molecule has 612 valence electrons. The van der Waals surface area contributed by atoms with E-state index in [0.29, 0.717) is 25.7 Å². The number of carbonyl (C=O) groups excluding carboxylic acids is 4. The van der Waals surface area contributed by atoms with Crippen LogP contribution >= 0.6 is 15.6 Å². The van der Waals surface area contributed by atoms with Crippen LogP contribution in [0.2, 0.25) is 0 Å². The first kappa shape index (κ1) is 101. The van der Waals surface area contributed by atoms with Gasteiger partial charge in [-0.1, -0.05) is 401 Å². The van der Waals surface area contributed by atoms with Crippen LogP contribution < -0.4 is 0 Å². The van der Waals surface area contributed by atoms with Gasteiger partial charge in [0.25, 0.3) is 0 Å². The molecule has 6 atom stereocenters. The summed E-state index contributed by atoms with van der Waals surface area (Å²) in [5.74, 6) is -1.30. The molecule has 0 aromatic carbocycles. The summed E-state index contributed by atoms with van der Waals surface area (Å²) in [6.07, 6.45) is 69.2. The fourth-order valence-corrected chi connectivity index (χ4v) is 14.7. The number of aliphatic hydroxyl groups excluding tert-OH is 1. The molecule has 0 saturated heterocycles. The van der Waals surface area contributed by atoms with Crippen molar-refractivity contribution in [3.8, 4) is 0 Å². The second-order valence-electron chi connectivity index (χ2n) is 30.5. The van der Waals surface area contributed by atoms with Gasteiger partial charge >= 0.3 is 39.5 Å². The Morgan fingerprint density at radius 3 is 0.689 bits per heavy atom. The Hall–Kier alpha value is -1.94. The van der Waals surface area contributed by atoms with Crippen molar-refractivity contribution >= 4 is 39.5 Å². The van der Waals surface area contributed by atoms with Crippen LogP contribution in [0.5, 0.6) is 0 Å². The number of esters is 4. The summed E-state index contributed by atoms with van der Waals surface area (Å²) in [4.78, 5) is 73.2. The molecule has 0 aromatic rings. The number of hydrogen-bond donors (Lipinski definition) is 3. The molecule has 0 spiro atoms. The maximum atomic E-state index is 13.1. The highest BCUT2D eigenvalue weighted by Gasteiger charge is 2.30. The van der Waals surface area contributed by atoms with Crippen LogP contribution in [0.15, 0.2) is 0 Å². The summed E-state index contributed by atoms with van der Waals surface area (Å²) >= 11 is 0. The lowest BCUT2D eigenvalue weighted by Gasteiger charge is -2.21. The van der Waals surface area contributed by atoms with E-state index in [-0.39, 0.29) is 25.7 Å². The van der Waals surface area contributed by atoms with E-state index in [2.05, 4.69) is 34.6 Å². The lowest BCUT2D eigenvalue weighted by atomic mass is 9.99. The van der Waals surface area contributed by atoms with Crippen LogP contribution in [0.3, 0.4) is 0 Å². The van der Waals surface area contributed by atoms with Gasteiger partial charge in [-0.25, -0.2) is 9.13 Å². The predicted molar refractivity (Wildman–Crippen MR) is 423 cm³/mol. The molecule has 0 fully saturated rings. The minimum Gasteiger partial charge on any atom is -0.462 e. The third-order valence-electron chi connectivity index (χ3n) is 20.1. The van der Waals surface area contributed by atoms with Gasteiger partial charge in [0.15, 0.2) is 12.2 Å². The minimum atomic E-state index is -4.96. The van der Waals surface area contributed by atoms with Gasteiger partial charge in [0.05, 0.1) is 26.4 Å². The van der Waals surface area contributed by atoms with Gasteiger partial charge in [0.1, 0.15) is 19.3 Å². The van der Waals surface area contributed by atoms with Crippen molar-refractivity contribution in [2.24, 2.45) is 5.92 Å². The first-order chi connectivity index (χ1) is 50.1.